The van der Waals surface area contributed by atoms with E-state index in [-0.39, 0.29) is 16.3 Å². The van der Waals surface area contributed by atoms with Crippen LogP contribution < -0.4 is 14.2 Å². The number of hydrogen-bond donors (Lipinski definition) is 2. The maximum Gasteiger partial charge on any atom is 0.312 e. The second-order valence-electron chi connectivity index (χ2n) is 4.58. The van der Waals surface area contributed by atoms with Crippen LogP contribution in [0, 0.1) is 10.1 Å². The molecule has 0 amide bonds. The standard InChI is InChI=1S/C14H14N2O7S/c1-22-9-3-5-11(14(7-9)23-2)15-24(20,21)10-4-6-13(17)12(8-10)16(18)19/h3-8,15,17H,1-2H3. The normalized spacial score (nSPS) is 10.9. The fraction of sp³-hybridized carbons (Fsp3) is 0.143. The van der Waals surface area contributed by atoms with Crippen LogP contribution in [0.5, 0.6) is 17.2 Å². The van der Waals surface area contributed by atoms with Crippen molar-refractivity contribution < 1.29 is 27.9 Å². The molecule has 0 saturated heterocycles. The number of nitrogens with zero attached hydrogens (tertiary/aromatic N) is 1. The summed E-state index contributed by atoms with van der Waals surface area (Å²) in [6, 6.07) is 7.22. The highest BCUT2D eigenvalue weighted by Gasteiger charge is 2.22. The third-order valence-corrected chi connectivity index (χ3v) is 4.47. The Bertz CT molecular complexity index is 881. The Hall–Kier alpha value is -3.01. The number of phenolic OH excluding ortho intramolecular Hbond substituents is 1. The summed E-state index contributed by atoms with van der Waals surface area (Å²) in [5.41, 5.74) is -0.575. The van der Waals surface area contributed by atoms with Gasteiger partial charge in [0.15, 0.2) is 5.75 Å². The molecular weight excluding hydrogens is 340 g/mol. The van der Waals surface area contributed by atoms with E-state index in [9.17, 15) is 23.6 Å². The fourth-order valence-electron chi connectivity index (χ4n) is 1.90. The van der Waals surface area contributed by atoms with Gasteiger partial charge in [0.05, 0.1) is 29.7 Å². The van der Waals surface area contributed by atoms with Crippen molar-refractivity contribution in [2.75, 3.05) is 18.9 Å². The smallest absolute Gasteiger partial charge is 0.312 e. The first-order chi connectivity index (χ1) is 11.3. The first kappa shape index (κ1) is 17.3. The number of nitrogens with one attached hydrogen (secondary N) is 1. The first-order valence-electron chi connectivity index (χ1n) is 6.50. The van der Waals surface area contributed by atoms with E-state index in [1.165, 1.54) is 32.4 Å². The van der Waals surface area contributed by atoms with Crippen LogP contribution in [-0.2, 0) is 10.0 Å². The van der Waals surface area contributed by atoms with E-state index < -0.39 is 26.4 Å². The molecule has 0 aromatic heterocycles. The molecule has 0 spiro atoms. The molecule has 10 heteroatoms. The highest BCUT2D eigenvalue weighted by molar-refractivity contribution is 7.92. The number of anilines is 1. The second kappa shape index (κ2) is 6.62. The summed E-state index contributed by atoms with van der Waals surface area (Å²) >= 11 is 0. The lowest BCUT2D eigenvalue weighted by atomic mass is 10.3. The van der Waals surface area contributed by atoms with Crippen LogP contribution in [-0.4, -0.2) is 32.7 Å². The predicted octanol–water partition coefficient (Wildman–Crippen LogP) is 2.12. The molecule has 0 saturated carbocycles. The second-order valence-corrected chi connectivity index (χ2v) is 6.26. The van der Waals surface area contributed by atoms with Crippen LogP contribution in [0.2, 0.25) is 0 Å². The quantitative estimate of drug-likeness (QED) is 0.600. The maximum absolute atomic E-state index is 12.4. The minimum Gasteiger partial charge on any atom is -0.502 e. The van der Waals surface area contributed by atoms with Gasteiger partial charge in [0.25, 0.3) is 10.0 Å². The van der Waals surface area contributed by atoms with Crippen molar-refractivity contribution in [2.45, 2.75) is 4.90 Å². The summed E-state index contributed by atoms with van der Waals surface area (Å²) in [5, 5.41) is 20.2. The largest absolute Gasteiger partial charge is 0.502 e. The van der Waals surface area contributed by atoms with Gasteiger partial charge in [0.1, 0.15) is 11.5 Å². The highest BCUT2D eigenvalue weighted by atomic mass is 32.2. The van der Waals surface area contributed by atoms with Gasteiger partial charge in [-0.3, -0.25) is 14.8 Å². The lowest BCUT2D eigenvalue weighted by Crippen LogP contribution is -2.14. The van der Waals surface area contributed by atoms with E-state index in [0.29, 0.717) is 5.75 Å². The number of ether oxygens (including phenoxy) is 2. The number of sulfonamides is 1. The molecule has 0 aliphatic carbocycles. The Balaban J connectivity index is 2.42. The molecule has 0 aliphatic rings. The van der Waals surface area contributed by atoms with Gasteiger partial charge in [0, 0.05) is 12.1 Å². The number of rotatable bonds is 6. The van der Waals surface area contributed by atoms with E-state index in [2.05, 4.69) is 4.72 Å². The molecular formula is C14H14N2O7S. The average molecular weight is 354 g/mol. The molecule has 24 heavy (non-hydrogen) atoms. The maximum atomic E-state index is 12.4. The number of aromatic hydroxyl groups is 1. The Morgan fingerprint density at radius 3 is 2.42 bits per heavy atom. The zero-order valence-corrected chi connectivity index (χ0v) is 13.5. The van der Waals surface area contributed by atoms with Crippen molar-refractivity contribution in [1.82, 2.24) is 0 Å². The van der Waals surface area contributed by atoms with E-state index in [0.717, 1.165) is 18.2 Å². The Morgan fingerprint density at radius 2 is 1.83 bits per heavy atom. The van der Waals surface area contributed by atoms with Gasteiger partial charge in [-0.25, -0.2) is 8.42 Å². The zero-order valence-electron chi connectivity index (χ0n) is 12.7. The topological polar surface area (TPSA) is 128 Å². The molecule has 128 valence electrons. The minimum absolute atomic E-state index is 0.133. The predicted molar refractivity (Wildman–Crippen MR) is 85.1 cm³/mol. The van der Waals surface area contributed by atoms with E-state index in [1.807, 2.05) is 0 Å². The van der Waals surface area contributed by atoms with Crippen molar-refractivity contribution in [3.8, 4) is 17.2 Å². The summed E-state index contributed by atoms with van der Waals surface area (Å²) < 4.78 is 37.2. The van der Waals surface area contributed by atoms with Crippen LogP contribution in [0.3, 0.4) is 0 Å². The lowest BCUT2D eigenvalue weighted by Gasteiger charge is -2.13. The summed E-state index contributed by atoms with van der Waals surface area (Å²) in [6.07, 6.45) is 0. The summed E-state index contributed by atoms with van der Waals surface area (Å²) in [6.45, 7) is 0. The Labute approximate surface area is 137 Å². The zero-order chi connectivity index (χ0) is 17.9. The van der Waals surface area contributed by atoms with E-state index >= 15 is 0 Å². The third kappa shape index (κ3) is 3.49. The Morgan fingerprint density at radius 1 is 1.12 bits per heavy atom. The SMILES string of the molecule is COc1ccc(NS(=O)(=O)c2ccc(O)c([N+](=O)[O-])c2)c(OC)c1. The van der Waals surface area contributed by atoms with Gasteiger partial charge in [-0.2, -0.15) is 0 Å². The first-order valence-corrected chi connectivity index (χ1v) is 7.99. The van der Waals surface area contributed by atoms with Crippen LogP contribution in [0.1, 0.15) is 0 Å². The fourth-order valence-corrected chi connectivity index (χ4v) is 2.99. The monoisotopic (exact) mass is 354 g/mol. The molecule has 2 aromatic rings. The minimum atomic E-state index is -4.12. The molecule has 0 radical (unpaired) electrons. The number of nitro benzene ring substituents is 1. The number of benzene rings is 2. The van der Waals surface area contributed by atoms with Gasteiger partial charge >= 0.3 is 5.69 Å². The molecule has 0 aliphatic heterocycles. The van der Waals surface area contributed by atoms with Gasteiger partial charge in [0.2, 0.25) is 0 Å². The molecule has 2 aromatic carbocycles. The number of hydrogen-bond acceptors (Lipinski definition) is 7. The molecule has 2 rings (SSSR count). The highest BCUT2D eigenvalue weighted by Crippen LogP contribution is 2.33. The number of nitro groups is 1. The van der Waals surface area contributed by atoms with Gasteiger partial charge in [-0.05, 0) is 24.3 Å². The van der Waals surface area contributed by atoms with Crippen molar-refractivity contribution >= 4 is 21.4 Å². The Kier molecular flexibility index (Phi) is 4.79. The van der Waals surface area contributed by atoms with Crippen molar-refractivity contribution in [3.05, 3.63) is 46.5 Å². The molecule has 9 nitrogen and oxygen atoms in total. The summed E-state index contributed by atoms with van der Waals surface area (Å²) in [5.74, 6) is 0.0576. The molecule has 0 fully saturated rings. The number of phenols is 1. The van der Waals surface area contributed by atoms with Gasteiger partial charge < -0.3 is 14.6 Å². The van der Waals surface area contributed by atoms with Gasteiger partial charge in [-0.1, -0.05) is 0 Å². The number of methoxy groups -OCH3 is 2. The summed E-state index contributed by atoms with van der Waals surface area (Å²) in [7, 11) is -1.31. The van der Waals surface area contributed by atoms with Crippen LogP contribution >= 0.6 is 0 Å². The van der Waals surface area contributed by atoms with Crippen molar-refractivity contribution in [1.29, 1.82) is 0 Å². The van der Waals surface area contributed by atoms with Crippen LogP contribution in [0.25, 0.3) is 0 Å². The van der Waals surface area contributed by atoms with Crippen LogP contribution in [0.4, 0.5) is 11.4 Å². The molecule has 0 bridgehead atoms. The average Bonchev–Trinajstić information content (AvgIpc) is 2.54. The van der Waals surface area contributed by atoms with E-state index in [1.54, 1.807) is 0 Å². The van der Waals surface area contributed by atoms with Crippen LogP contribution in [0.15, 0.2) is 41.3 Å². The molecule has 0 unspecified atom stereocenters. The third-order valence-electron chi connectivity index (χ3n) is 3.11. The van der Waals surface area contributed by atoms with Crippen molar-refractivity contribution in [2.24, 2.45) is 0 Å². The van der Waals surface area contributed by atoms with Crippen molar-refractivity contribution in [3.63, 3.8) is 0 Å². The molecule has 2 N–H and O–H groups in total. The molecule has 0 atom stereocenters. The lowest BCUT2D eigenvalue weighted by molar-refractivity contribution is -0.386. The van der Waals surface area contributed by atoms with E-state index in [4.69, 9.17) is 9.47 Å². The molecule has 0 heterocycles. The van der Waals surface area contributed by atoms with Gasteiger partial charge in [-0.15, -0.1) is 0 Å². The summed E-state index contributed by atoms with van der Waals surface area (Å²) in [4.78, 5) is 9.58.